The Hall–Kier alpha value is -0.840. The predicted octanol–water partition coefficient (Wildman–Crippen LogP) is 3.42. The third kappa shape index (κ3) is 3.84. The fourth-order valence-corrected chi connectivity index (χ4v) is 3.76. The van der Waals surface area contributed by atoms with E-state index in [1.807, 2.05) is 0 Å². The van der Waals surface area contributed by atoms with Crippen molar-refractivity contribution in [3.05, 3.63) is 40.3 Å². The van der Waals surface area contributed by atoms with E-state index in [1.54, 1.807) is 30.3 Å². The van der Waals surface area contributed by atoms with E-state index in [2.05, 4.69) is 4.72 Å². The van der Waals surface area contributed by atoms with E-state index in [9.17, 15) is 8.42 Å². The highest BCUT2D eigenvalue weighted by Gasteiger charge is 2.42. The highest BCUT2D eigenvalue weighted by Crippen LogP contribution is 2.44. The molecule has 0 heterocycles. The molecule has 5 heteroatoms. The second-order valence-electron chi connectivity index (χ2n) is 5.72. The minimum absolute atomic E-state index is 0.148. The Bertz CT molecular complexity index is 589. The van der Waals surface area contributed by atoms with Gasteiger partial charge >= 0.3 is 0 Å². The van der Waals surface area contributed by atoms with Gasteiger partial charge in [0.25, 0.3) is 0 Å². The first kappa shape index (κ1) is 14.1. The minimum Gasteiger partial charge on any atom is -0.208 e. The number of rotatable bonds is 6. The molecule has 2 aliphatic rings. The molecule has 0 aliphatic heterocycles. The van der Waals surface area contributed by atoms with Crippen LogP contribution in [-0.4, -0.2) is 14.5 Å². The Morgan fingerprint density at radius 1 is 1.10 bits per heavy atom. The first-order valence-electron chi connectivity index (χ1n) is 6.99. The minimum atomic E-state index is -3.36. The fraction of sp³-hybridized carbons (Fsp3) is 0.467. The molecule has 0 atom stereocenters. The van der Waals surface area contributed by atoms with Gasteiger partial charge in [0.1, 0.15) is 0 Å². The number of sulfonamides is 1. The quantitative estimate of drug-likeness (QED) is 0.875. The van der Waals surface area contributed by atoms with Crippen LogP contribution in [0.3, 0.4) is 0 Å². The van der Waals surface area contributed by atoms with Gasteiger partial charge in [-0.3, -0.25) is 0 Å². The summed E-state index contributed by atoms with van der Waals surface area (Å²) >= 11 is 5.80. The molecular weight excluding hydrogens is 294 g/mol. The molecule has 0 radical (unpaired) electrons. The Morgan fingerprint density at radius 2 is 1.65 bits per heavy atom. The summed E-state index contributed by atoms with van der Waals surface area (Å²) < 4.78 is 27.1. The molecule has 0 unspecified atom stereocenters. The molecule has 1 aromatic rings. The van der Waals surface area contributed by atoms with E-state index < -0.39 is 10.0 Å². The lowest BCUT2D eigenvalue weighted by Gasteiger charge is -2.15. The largest absolute Gasteiger partial charge is 0.233 e. The van der Waals surface area contributed by atoms with Crippen LogP contribution in [0.4, 0.5) is 0 Å². The number of hydrogen-bond donors (Lipinski definition) is 1. The number of benzene rings is 1. The molecule has 1 aromatic carbocycles. The van der Waals surface area contributed by atoms with Gasteiger partial charge in [-0.1, -0.05) is 23.7 Å². The summed E-state index contributed by atoms with van der Waals surface area (Å²) in [6.45, 7) is 0. The molecular formula is C15H18ClNO2S. The molecule has 0 bridgehead atoms. The summed E-state index contributed by atoms with van der Waals surface area (Å²) in [5.74, 6) is 1.11. The summed E-state index contributed by atoms with van der Waals surface area (Å²) in [6, 6.07) is 7.24. The highest BCUT2D eigenvalue weighted by atomic mass is 35.5. The lowest BCUT2D eigenvalue weighted by atomic mass is 10.1. The summed E-state index contributed by atoms with van der Waals surface area (Å²) in [5.41, 5.74) is 0.828. The summed E-state index contributed by atoms with van der Waals surface area (Å²) in [6.07, 6.45) is 6.24. The molecule has 108 valence electrons. The van der Waals surface area contributed by atoms with Crippen LogP contribution in [0, 0.1) is 11.8 Å². The van der Waals surface area contributed by atoms with E-state index >= 15 is 0 Å². The first-order valence-corrected chi connectivity index (χ1v) is 8.92. The second-order valence-corrected chi connectivity index (χ2v) is 7.75. The average Bonchev–Trinajstić information content (AvgIpc) is 3.29. The maximum absolute atomic E-state index is 12.1. The molecule has 3 nitrogen and oxygen atoms in total. The van der Waals surface area contributed by atoms with Crippen molar-refractivity contribution < 1.29 is 8.42 Å². The van der Waals surface area contributed by atoms with E-state index in [4.69, 9.17) is 11.6 Å². The van der Waals surface area contributed by atoms with E-state index in [0.29, 0.717) is 16.9 Å². The fourth-order valence-electron chi connectivity index (χ4n) is 2.46. The summed E-state index contributed by atoms with van der Waals surface area (Å²) in [4.78, 5) is 0. The van der Waals surface area contributed by atoms with E-state index in [0.717, 1.165) is 31.2 Å². The molecule has 2 aliphatic carbocycles. The zero-order valence-corrected chi connectivity index (χ0v) is 12.7. The number of halogens is 1. The molecule has 20 heavy (non-hydrogen) atoms. The Balaban J connectivity index is 1.66. The molecule has 0 spiro atoms. The number of hydrogen-bond acceptors (Lipinski definition) is 2. The molecule has 2 saturated carbocycles. The Kier molecular flexibility index (Phi) is 3.89. The van der Waals surface area contributed by atoms with E-state index in [1.165, 1.54) is 5.41 Å². The first-order chi connectivity index (χ1) is 9.53. The lowest BCUT2D eigenvalue weighted by Crippen LogP contribution is -2.36. The van der Waals surface area contributed by atoms with Crippen LogP contribution >= 0.6 is 11.6 Å². The highest BCUT2D eigenvalue weighted by molar-refractivity contribution is 7.92. The Labute approximate surface area is 125 Å². The zero-order valence-electron chi connectivity index (χ0n) is 11.1. The van der Waals surface area contributed by atoms with Crippen molar-refractivity contribution in [1.82, 2.24) is 4.72 Å². The SMILES string of the molecule is O=S(=O)(C=Cc1ccc(Cl)cc1)NC(C1CC1)C1CC1. The molecule has 0 saturated heterocycles. The van der Waals surface area contributed by atoms with Gasteiger partial charge < -0.3 is 0 Å². The van der Waals surface area contributed by atoms with Crippen molar-refractivity contribution in [3.63, 3.8) is 0 Å². The van der Waals surface area contributed by atoms with Gasteiger partial charge in [0.15, 0.2) is 0 Å². The van der Waals surface area contributed by atoms with Crippen molar-refractivity contribution in [2.75, 3.05) is 0 Å². The predicted molar refractivity (Wildman–Crippen MR) is 81.8 cm³/mol. The van der Waals surface area contributed by atoms with Crippen LogP contribution in [0.2, 0.25) is 5.02 Å². The van der Waals surface area contributed by atoms with Gasteiger partial charge in [0, 0.05) is 16.5 Å². The van der Waals surface area contributed by atoms with Gasteiger partial charge in [-0.15, -0.1) is 0 Å². The molecule has 1 N–H and O–H groups in total. The van der Waals surface area contributed by atoms with Crippen molar-refractivity contribution in [2.45, 2.75) is 31.7 Å². The zero-order chi connectivity index (χ0) is 14.2. The van der Waals surface area contributed by atoms with Crippen LogP contribution in [0.25, 0.3) is 6.08 Å². The van der Waals surface area contributed by atoms with Gasteiger partial charge in [-0.2, -0.15) is 0 Å². The van der Waals surface area contributed by atoms with Crippen LogP contribution in [-0.2, 0) is 10.0 Å². The average molecular weight is 312 g/mol. The maximum atomic E-state index is 12.1. The topological polar surface area (TPSA) is 46.2 Å². The van der Waals surface area contributed by atoms with Crippen molar-refractivity contribution in [1.29, 1.82) is 0 Å². The van der Waals surface area contributed by atoms with Crippen molar-refractivity contribution in [2.24, 2.45) is 11.8 Å². The van der Waals surface area contributed by atoms with Gasteiger partial charge in [0.2, 0.25) is 10.0 Å². The van der Waals surface area contributed by atoms with Crippen molar-refractivity contribution >= 4 is 27.7 Å². The standard InChI is InChI=1S/C15H18ClNO2S/c16-14-7-1-11(2-8-14)9-10-20(18,19)17-15(12-3-4-12)13-5-6-13/h1-2,7-10,12-13,15,17H,3-6H2. The molecule has 0 amide bonds. The van der Waals surface area contributed by atoms with Gasteiger partial charge in [-0.05, 0) is 61.3 Å². The summed E-state index contributed by atoms with van der Waals surface area (Å²) in [5, 5.41) is 1.90. The van der Waals surface area contributed by atoms with Gasteiger partial charge in [0.05, 0.1) is 0 Å². The van der Waals surface area contributed by atoms with Crippen LogP contribution in [0.1, 0.15) is 31.2 Å². The smallest absolute Gasteiger partial charge is 0.208 e. The monoisotopic (exact) mass is 311 g/mol. The molecule has 2 fully saturated rings. The maximum Gasteiger partial charge on any atom is 0.233 e. The van der Waals surface area contributed by atoms with Crippen LogP contribution < -0.4 is 4.72 Å². The van der Waals surface area contributed by atoms with E-state index in [-0.39, 0.29) is 6.04 Å². The third-order valence-electron chi connectivity index (χ3n) is 3.87. The van der Waals surface area contributed by atoms with Gasteiger partial charge in [-0.25, -0.2) is 13.1 Å². The molecule has 3 rings (SSSR count). The molecule has 0 aromatic heterocycles. The third-order valence-corrected chi connectivity index (χ3v) is 5.22. The normalized spacial score (nSPS) is 19.9. The van der Waals surface area contributed by atoms with Crippen LogP contribution in [0.5, 0.6) is 0 Å². The number of nitrogens with one attached hydrogen (secondary N) is 1. The van der Waals surface area contributed by atoms with Crippen LogP contribution in [0.15, 0.2) is 29.7 Å². The van der Waals surface area contributed by atoms with Crippen molar-refractivity contribution in [3.8, 4) is 0 Å². The summed E-state index contributed by atoms with van der Waals surface area (Å²) in [7, 11) is -3.36. The Morgan fingerprint density at radius 3 is 2.15 bits per heavy atom. The lowest BCUT2D eigenvalue weighted by molar-refractivity contribution is 0.475. The second kappa shape index (κ2) is 5.51.